The number of rotatable bonds is 2. The Balaban J connectivity index is 1.93. The zero-order valence-corrected chi connectivity index (χ0v) is 11.2. The lowest BCUT2D eigenvalue weighted by Crippen LogP contribution is -2.35. The first-order valence-electron chi connectivity index (χ1n) is 7.37. The third-order valence-electron chi connectivity index (χ3n) is 4.71. The van der Waals surface area contributed by atoms with Crippen molar-refractivity contribution < 1.29 is 5.11 Å². The predicted octanol–water partition coefficient (Wildman–Crippen LogP) is 3.64. The van der Waals surface area contributed by atoms with Gasteiger partial charge in [-0.2, -0.15) is 0 Å². The van der Waals surface area contributed by atoms with Gasteiger partial charge in [-0.15, -0.1) is 0 Å². The summed E-state index contributed by atoms with van der Waals surface area (Å²) < 4.78 is 0. The standard InChI is InChI=1S/C16H23NO/c1-2-13-6-4-10-17(13)16-7-3-5-12-8-9-14(18)11-15(12)16/h8-9,11,13,16,18H,2-7,10H2,1H3. The Morgan fingerprint density at radius 2 is 2.17 bits per heavy atom. The van der Waals surface area contributed by atoms with Gasteiger partial charge in [-0.1, -0.05) is 13.0 Å². The molecule has 1 aromatic carbocycles. The van der Waals surface area contributed by atoms with Gasteiger partial charge in [-0.3, -0.25) is 4.90 Å². The summed E-state index contributed by atoms with van der Waals surface area (Å²) in [5.74, 6) is 0.424. The highest BCUT2D eigenvalue weighted by Crippen LogP contribution is 2.40. The fourth-order valence-electron chi connectivity index (χ4n) is 3.81. The number of aryl methyl sites for hydroxylation is 1. The molecule has 0 saturated carbocycles. The molecule has 2 aliphatic rings. The van der Waals surface area contributed by atoms with Crippen molar-refractivity contribution in [1.82, 2.24) is 4.90 Å². The van der Waals surface area contributed by atoms with Gasteiger partial charge in [-0.25, -0.2) is 0 Å². The van der Waals surface area contributed by atoms with Crippen molar-refractivity contribution in [3.63, 3.8) is 0 Å². The molecule has 1 aromatic rings. The molecule has 2 atom stereocenters. The van der Waals surface area contributed by atoms with Crippen molar-refractivity contribution in [2.24, 2.45) is 0 Å². The average molecular weight is 245 g/mol. The van der Waals surface area contributed by atoms with E-state index in [0.29, 0.717) is 11.8 Å². The average Bonchev–Trinajstić information content (AvgIpc) is 2.86. The monoisotopic (exact) mass is 245 g/mol. The number of hydrogen-bond acceptors (Lipinski definition) is 2. The van der Waals surface area contributed by atoms with E-state index in [9.17, 15) is 5.11 Å². The van der Waals surface area contributed by atoms with Gasteiger partial charge < -0.3 is 5.11 Å². The first kappa shape index (κ1) is 12.0. The van der Waals surface area contributed by atoms with E-state index >= 15 is 0 Å². The Labute approximate surface area is 110 Å². The lowest BCUT2D eigenvalue weighted by Gasteiger charge is -2.36. The number of nitrogens with zero attached hydrogens (tertiary/aromatic N) is 1. The van der Waals surface area contributed by atoms with Gasteiger partial charge in [0.25, 0.3) is 0 Å². The molecule has 1 aliphatic heterocycles. The molecule has 2 unspecified atom stereocenters. The third-order valence-corrected chi connectivity index (χ3v) is 4.71. The number of likely N-dealkylation sites (tertiary alicyclic amines) is 1. The molecule has 1 fully saturated rings. The largest absolute Gasteiger partial charge is 0.508 e. The second kappa shape index (κ2) is 4.93. The van der Waals surface area contributed by atoms with E-state index in [1.807, 2.05) is 12.1 Å². The summed E-state index contributed by atoms with van der Waals surface area (Å²) in [4.78, 5) is 2.69. The van der Waals surface area contributed by atoms with Gasteiger partial charge in [0.05, 0.1) is 0 Å². The molecular weight excluding hydrogens is 222 g/mol. The molecule has 0 amide bonds. The van der Waals surface area contributed by atoms with Crippen LogP contribution in [0.5, 0.6) is 5.75 Å². The van der Waals surface area contributed by atoms with Gasteiger partial charge in [-0.05, 0) is 68.3 Å². The smallest absolute Gasteiger partial charge is 0.115 e. The highest BCUT2D eigenvalue weighted by molar-refractivity contribution is 5.38. The summed E-state index contributed by atoms with van der Waals surface area (Å²) in [7, 11) is 0. The molecule has 18 heavy (non-hydrogen) atoms. The van der Waals surface area contributed by atoms with E-state index in [-0.39, 0.29) is 0 Å². The molecule has 1 N–H and O–H groups in total. The maximum atomic E-state index is 9.75. The van der Waals surface area contributed by atoms with Crippen molar-refractivity contribution in [1.29, 1.82) is 0 Å². The van der Waals surface area contributed by atoms with E-state index in [1.54, 1.807) is 0 Å². The highest BCUT2D eigenvalue weighted by atomic mass is 16.3. The van der Waals surface area contributed by atoms with E-state index in [2.05, 4.69) is 17.9 Å². The van der Waals surface area contributed by atoms with Crippen molar-refractivity contribution in [3.05, 3.63) is 29.3 Å². The lowest BCUT2D eigenvalue weighted by atomic mass is 9.86. The number of phenols is 1. The first-order valence-corrected chi connectivity index (χ1v) is 7.37. The lowest BCUT2D eigenvalue weighted by molar-refractivity contribution is 0.159. The summed E-state index contributed by atoms with van der Waals surface area (Å²) in [5.41, 5.74) is 2.84. The van der Waals surface area contributed by atoms with Crippen LogP contribution in [0, 0.1) is 0 Å². The molecule has 98 valence electrons. The Morgan fingerprint density at radius 1 is 1.28 bits per heavy atom. The van der Waals surface area contributed by atoms with Crippen LogP contribution in [0.15, 0.2) is 18.2 Å². The van der Waals surface area contributed by atoms with Crippen molar-refractivity contribution in [3.8, 4) is 5.75 Å². The number of hydrogen-bond donors (Lipinski definition) is 1. The van der Waals surface area contributed by atoms with Crippen molar-refractivity contribution in [2.45, 2.75) is 57.5 Å². The summed E-state index contributed by atoms with van der Waals surface area (Å²) in [5, 5.41) is 9.75. The minimum atomic E-state index is 0.424. The normalized spacial score (nSPS) is 28.3. The molecule has 3 rings (SSSR count). The van der Waals surface area contributed by atoms with Crippen LogP contribution in [0.4, 0.5) is 0 Å². The molecule has 1 aliphatic carbocycles. The Kier molecular flexibility index (Phi) is 3.29. The summed E-state index contributed by atoms with van der Waals surface area (Å²) in [6.45, 7) is 3.54. The minimum absolute atomic E-state index is 0.424. The van der Waals surface area contributed by atoms with Gasteiger partial charge in [0.2, 0.25) is 0 Å². The van der Waals surface area contributed by atoms with E-state index < -0.39 is 0 Å². The summed E-state index contributed by atoms with van der Waals surface area (Å²) >= 11 is 0. The van der Waals surface area contributed by atoms with Crippen LogP contribution in [0.25, 0.3) is 0 Å². The first-order chi connectivity index (χ1) is 8.79. The Hall–Kier alpha value is -1.02. The molecule has 0 radical (unpaired) electrons. The van der Waals surface area contributed by atoms with Crippen LogP contribution >= 0.6 is 0 Å². The molecular formula is C16H23NO. The molecule has 2 nitrogen and oxygen atoms in total. The van der Waals surface area contributed by atoms with Gasteiger partial charge in [0.15, 0.2) is 0 Å². The number of phenolic OH excluding ortho intramolecular Hbond substituents is 1. The van der Waals surface area contributed by atoms with Crippen LogP contribution in [0.1, 0.15) is 56.2 Å². The number of benzene rings is 1. The van der Waals surface area contributed by atoms with Gasteiger partial charge >= 0.3 is 0 Å². The molecule has 1 saturated heterocycles. The van der Waals surface area contributed by atoms with Crippen LogP contribution in [0.3, 0.4) is 0 Å². The molecule has 0 bridgehead atoms. The van der Waals surface area contributed by atoms with Crippen LogP contribution in [-0.4, -0.2) is 22.6 Å². The van der Waals surface area contributed by atoms with Crippen molar-refractivity contribution >= 4 is 0 Å². The maximum Gasteiger partial charge on any atom is 0.115 e. The molecule has 0 aromatic heterocycles. The highest BCUT2D eigenvalue weighted by Gasteiger charge is 2.33. The third kappa shape index (κ3) is 2.03. The van der Waals surface area contributed by atoms with Gasteiger partial charge in [0, 0.05) is 12.1 Å². The van der Waals surface area contributed by atoms with Gasteiger partial charge in [0.1, 0.15) is 5.75 Å². The van der Waals surface area contributed by atoms with Crippen LogP contribution in [-0.2, 0) is 6.42 Å². The Bertz CT molecular complexity index is 429. The number of aromatic hydroxyl groups is 1. The molecule has 0 spiro atoms. The van der Waals surface area contributed by atoms with E-state index in [1.165, 1.54) is 56.2 Å². The Morgan fingerprint density at radius 3 is 3.00 bits per heavy atom. The molecule has 2 heteroatoms. The zero-order valence-electron chi connectivity index (χ0n) is 11.2. The van der Waals surface area contributed by atoms with Crippen molar-refractivity contribution in [2.75, 3.05) is 6.54 Å². The van der Waals surface area contributed by atoms with E-state index in [0.717, 1.165) is 6.04 Å². The predicted molar refractivity (Wildman–Crippen MR) is 73.8 cm³/mol. The zero-order chi connectivity index (χ0) is 12.5. The second-order valence-electron chi connectivity index (χ2n) is 5.73. The van der Waals surface area contributed by atoms with Crippen LogP contribution in [0.2, 0.25) is 0 Å². The summed E-state index contributed by atoms with van der Waals surface area (Å²) in [6, 6.07) is 7.26. The topological polar surface area (TPSA) is 23.5 Å². The second-order valence-corrected chi connectivity index (χ2v) is 5.73. The maximum absolute atomic E-state index is 9.75. The quantitative estimate of drug-likeness (QED) is 0.859. The fraction of sp³-hybridized carbons (Fsp3) is 0.625. The fourth-order valence-corrected chi connectivity index (χ4v) is 3.81. The minimum Gasteiger partial charge on any atom is -0.508 e. The molecule has 1 heterocycles. The van der Waals surface area contributed by atoms with E-state index in [4.69, 9.17) is 0 Å². The summed E-state index contributed by atoms with van der Waals surface area (Å²) in [6.07, 6.45) is 7.66. The van der Waals surface area contributed by atoms with Crippen LogP contribution < -0.4 is 0 Å². The SMILES string of the molecule is CCC1CCCN1C1CCCc2ccc(O)cc21. The number of fused-ring (bicyclic) bond motifs is 1.